The van der Waals surface area contributed by atoms with Crippen molar-refractivity contribution in [1.29, 1.82) is 0 Å². The van der Waals surface area contributed by atoms with Crippen molar-refractivity contribution in [2.75, 3.05) is 13.6 Å². The Morgan fingerprint density at radius 1 is 1.31 bits per heavy atom. The SMILES string of the molecule is CNCCCCCc1cn(CC(C)C)nn1. The third-order valence-electron chi connectivity index (χ3n) is 2.50. The van der Waals surface area contributed by atoms with Crippen LogP contribution in [-0.2, 0) is 13.0 Å². The van der Waals surface area contributed by atoms with E-state index in [0.29, 0.717) is 5.92 Å². The second-order valence-electron chi connectivity index (χ2n) is 4.74. The normalized spacial score (nSPS) is 11.2. The lowest BCUT2D eigenvalue weighted by atomic mass is 10.1. The summed E-state index contributed by atoms with van der Waals surface area (Å²) in [4.78, 5) is 0. The summed E-state index contributed by atoms with van der Waals surface area (Å²) in [7, 11) is 2.00. The van der Waals surface area contributed by atoms with Crippen LogP contribution in [0.2, 0.25) is 0 Å². The zero-order valence-corrected chi connectivity index (χ0v) is 10.7. The van der Waals surface area contributed by atoms with Gasteiger partial charge in [0.1, 0.15) is 0 Å². The molecule has 1 aromatic rings. The molecule has 1 N–H and O–H groups in total. The van der Waals surface area contributed by atoms with Crippen LogP contribution in [0.15, 0.2) is 6.20 Å². The maximum Gasteiger partial charge on any atom is 0.0827 e. The van der Waals surface area contributed by atoms with Gasteiger partial charge in [0.05, 0.1) is 5.69 Å². The zero-order valence-electron chi connectivity index (χ0n) is 10.7. The molecule has 0 saturated heterocycles. The van der Waals surface area contributed by atoms with Gasteiger partial charge < -0.3 is 5.32 Å². The molecule has 0 fully saturated rings. The largest absolute Gasteiger partial charge is 0.320 e. The van der Waals surface area contributed by atoms with E-state index in [0.717, 1.165) is 25.2 Å². The molecule has 4 nitrogen and oxygen atoms in total. The van der Waals surface area contributed by atoms with E-state index in [2.05, 4.69) is 35.7 Å². The van der Waals surface area contributed by atoms with Crippen molar-refractivity contribution in [3.05, 3.63) is 11.9 Å². The average molecular weight is 224 g/mol. The smallest absolute Gasteiger partial charge is 0.0827 e. The van der Waals surface area contributed by atoms with Crippen molar-refractivity contribution in [3.63, 3.8) is 0 Å². The molecule has 16 heavy (non-hydrogen) atoms. The Balaban J connectivity index is 2.19. The number of nitrogens with zero attached hydrogens (tertiary/aromatic N) is 3. The number of hydrogen-bond acceptors (Lipinski definition) is 3. The van der Waals surface area contributed by atoms with Gasteiger partial charge >= 0.3 is 0 Å². The molecule has 1 aromatic heterocycles. The lowest BCUT2D eigenvalue weighted by molar-refractivity contribution is 0.472. The summed E-state index contributed by atoms with van der Waals surface area (Å²) in [6.07, 6.45) is 6.86. The molecule has 0 bridgehead atoms. The van der Waals surface area contributed by atoms with E-state index >= 15 is 0 Å². The Morgan fingerprint density at radius 2 is 2.12 bits per heavy atom. The third kappa shape index (κ3) is 5.26. The van der Waals surface area contributed by atoms with Crippen LogP contribution in [0.25, 0.3) is 0 Å². The first-order chi connectivity index (χ1) is 7.72. The van der Waals surface area contributed by atoms with Crippen LogP contribution in [-0.4, -0.2) is 28.6 Å². The van der Waals surface area contributed by atoms with E-state index in [9.17, 15) is 0 Å². The van der Waals surface area contributed by atoms with Crippen LogP contribution in [0.4, 0.5) is 0 Å². The first-order valence-corrected chi connectivity index (χ1v) is 6.26. The summed E-state index contributed by atoms with van der Waals surface area (Å²) in [6.45, 7) is 6.46. The van der Waals surface area contributed by atoms with E-state index in [4.69, 9.17) is 0 Å². The quantitative estimate of drug-likeness (QED) is 0.685. The molecule has 0 atom stereocenters. The van der Waals surface area contributed by atoms with Gasteiger partial charge in [-0.15, -0.1) is 5.10 Å². The maximum absolute atomic E-state index is 4.18. The number of aromatic nitrogens is 3. The Hall–Kier alpha value is -0.900. The molecule has 1 rings (SSSR count). The fourth-order valence-corrected chi connectivity index (χ4v) is 1.70. The lowest BCUT2D eigenvalue weighted by Gasteiger charge is -2.02. The summed E-state index contributed by atoms with van der Waals surface area (Å²) in [5, 5.41) is 11.5. The van der Waals surface area contributed by atoms with Crippen molar-refractivity contribution in [1.82, 2.24) is 20.3 Å². The highest BCUT2D eigenvalue weighted by Crippen LogP contribution is 2.04. The van der Waals surface area contributed by atoms with Gasteiger partial charge in [0.2, 0.25) is 0 Å². The predicted octanol–water partition coefficient (Wildman–Crippen LogP) is 1.87. The van der Waals surface area contributed by atoms with Gasteiger partial charge in [-0.3, -0.25) is 4.68 Å². The van der Waals surface area contributed by atoms with Crippen LogP contribution in [0.3, 0.4) is 0 Å². The number of rotatable bonds is 8. The van der Waals surface area contributed by atoms with Crippen molar-refractivity contribution in [2.24, 2.45) is 5.92 Å². The van der Waals surface area contributed by atoms with Gasteiger partial charge in [0, 0.05) is 12.7 Å². The minimum Gasteiger partial charge on any atom is -0.320 e. The molecule has 4 heteroatoms. The molecular formula is C12H24N4. The Bertz CT molecular complexity index is 280. The monoisotopic (exact) mass is 224 g/mol. The molecule has 0 aliphatic heterocycles. The van der Waals surface area contributed by atoms with Crippen molar-refractivity contribution in [3.8, 4) is 0 Å². The molecule has 0 saturated carbocycles. The van der Waals surface area contributed by atoms with Gasteiger partial charge in [-0.25, -0.2) is 0 Å². The zero-order chi connectivity index (χ0) is 11.8. The van der Waals surface area contributed by atoms with Gasteiger partial charge in [-0.2, -0.15) is 0 Å². The Morgan fingerprint density at radius 3 is 2.81 bits per heavy atom. The minimum absolute atomic E-state index is 0.630. The summed E-state index contributed by atoms with van der Waals surface area (Å²) in [5.74, 6) is 0.630. The third-order valence-corrected chi connectivity index (χ3v) is 2.50. The van der Waals surface area contributed by atoms with Crippen LogP contribution >= 0.6 is 0 Å². The number of aryl methyl sites for hydroxylation is 1. The molecule has 1 heterocycles. The number of nitrogens with one attached hydrogen (secondary N) is 1. The first kappa shape index (κ1) is 13.2. The minimum atomic E-state index is 0.630. The van der Waals surface area contributed by atoms with Gasteiger partial charge in [-0.05, 0) is 38.8 Å². The summed E-state index contributed by atoms with van der Waals surface area (Å²) < 4.78 is 1.95. The highest BCUT2D eigenvalue weighted by molar-refractivity contribution is 4.92. The molecule has 0 radical (unpaired) electrons. The summed E-state index contributed by atoms with van der Waals surface area (Å²) in [6, 6.07) is 0. The summed E-state index contributed by atoms with van der Waals surface area (Å²) in [5.41, 5.74) is 1.13. The van der Waals surface area contributed by atoms with Crippen molar-refractivity contribution >= 4 is 0 Å². The highest BCUT2D eigenvalue weighted by Gasteiger charge is 2.02. The molecule has 0 aromatic carbocycles. The fourth-order valence-electron chi connectivity index (χ4n) is 1.70. The van der Waals surface area contributed by atoms with Crippen LogP contribution in [0, 0.1) is 5.92 Å². The van der Waals surface area contributed by atoms with Crippen molar-refractivity contribution in [2.45, 2.75) is 46.1 Å². The highest BCUT2D eigenvalue weighted by atomic mass is 15.4. The van der Waals surface area contributed by atoms with Gasteiger partial charge in [0.25, 0.3) is 0 Å². The van der Waals surface area contributed by atoms with E-state index in [1.54, 1.807) is 0 Å². The average Bonchev–Trinajstić information content (AvgIpc) is 2.64. The number of unbranched alkanes of at least 4 members (excludes halogenated alkanes) is 2. The molecule has 92 valence electrons. The van der Waals surface area contributed by atoms with E-state index < -0.39 is 0 Å². The Labute approximate surface area is 98.4 Å². The molecule has 0 amide bonds. The lowest BCUT2D eigenvalue weighted by Crippen LogP contribution is -2.07. The van der Waals surface area contributed by atoms with Crippen LogP contribution < -0.4 is 5.32 Å². The second kappa shape index (κ2) is 7.39. The van der Waals surface area contributed by atoms with Crippen molar-refractivity contribution < 1.29 is 0 Å². The molecule has 0 spiro atoms. The first-order valence-electron chi connectivity index (χ1n) is 6.26. The molecule has 0 aliphatic rings. The standard InChI is InChI=1S/C12H24N4/c1-11(2)9-16-10-12(14-15-16)7-5-4-6-8-13-3/h10-11,13H,4-9H2,1-3H3. The van der Waals surface area contributed by atoms with Gasteiger partial charge in [0.15, 0.2) is 0 Å². The van der Waals surface area contributed by atoms with E-state index in [1.807, 2.05) is 11.7 Å². The molecule has 0 unspecified atom stereocenters. The number of hydrogen-bond donors (Lipinski definition) is 1. The fraction of sp³-hybridized carbons (Fsp3) is 0.833. The van der Waals surface area contributed by atoms with Crippen LogP contribution in [0.5, 0.6) is 0 Å². The Kier molecular flexibility index (Phi) is 6.08. The van der Waals surface area contributed by atoms with E-state index in [-0.39, 0.29) is 0 Å². The molecular weight excluding hydrogens is 200 g/mol. The van der Waals surface area contributed by atoms with E-state index in [1.165, 1.54) is 19.3 Å². The predicted molar refractivity (Wildman–Crippen MR) is 66.3 cm³/mol. The molecule has 0 aliphatic carbocycles. The van der Waals surface area contributed by atoms with Gasteiger partial charge in [-0.1, -0.05) is 25.5 Å². The van der Waals surface area contributed by atoms with Crippen LogP contribution in [0.1, 0.15) is 38.8 Å². The summed E-state index contributed by atoms with van der Waals surface area (Å²) >= 11 is 0. The maximum atomic E-state index is 4.18. The second-order valence-corrected chi connectivity index (χ2v) is 4.74. The topological polar surface area (TPSA) is 42.7 Å².